The second-order valence-corrected chi connectivity index (χ2v) is 18.6. The molecule has 1 saturated carbocycles. The van der Waals surface area contributed by atoms with Crippen LogP contribution in [0.1, 0.15) is 24.8 Å². The summed E-state index contributed by atoms with van der Waals surface area (Å²) in [5, 5.41) is 5.31. The Hall–Kier alpha value is -6.26. The van der Waals surface area contributed by atoms with Crippen LogP contribution in [0.15, 0.2) is 194 Å². The van der Waals surface area contributed by atoms with E-state index in [1.54, 1.807) is 0 Å². The highest BCUT2D eigenvalue weighted by molar-refractivity contribution is 7.26. The van der Waals surface area contributed by atoms with Crippen molar-refractivity contribution in [3.63, 3.8) is 0 Å². The molecule has 0 saturated heterocycles. The summed E-state index contributed by atoms with van der Waals surface area (Å²) in [5.41, 5.74) is 12.4. The monoisotopic (exact) mass is 791 g/mol. The molecule has 2 aromatic heterocycles. The van der Waals surface area contributed by atoms with Crippen molar-refractivity contribution in [2.24, 2.45) is 17.8 Å². The summed E-state index contributed by atoms with van der Waals surface area (Å²) in [6, 6.07) is 67.8. The number of anilines is 3. The largest absolute Gasteiger partial charge is 0.311 e. The highest BCUT2D eigenvalue weighted by Gasteiger charge is 2.42. The van der Waals surface area contributed by atoms with E-state index >= 15 is 0 Å². The van der Waals surface area contributed by atoms with Gasteiger partial charge in [-0.15, -0.1) is 22.7 Å². The van der Waals surface area contributed by atoms with Gasteiger partial charge in [0.2, 0.25) is 0 Å². The average molecular weight is 792 g/mol. The molecule has 0 N–H and O–H groups in total. The van der Waals surface area contributed by atoms with Crippen molar-refractivity contribution in [3.8, 4) is 33.4 Å². The minimum absolute atomic E-state index is 0.651. The molecule has 8 aromatic carbocycles. The Morgan fingerprint density at radius 2 is 0.864 bits per heavy atom. The molecule has 10 aromatic rings. The van der Waals surface area contributed by atoms with Gasteiger partial charge in [-0.1, -0.05) is 153 Å². The van der Waals surface area contributed by atoms with Crippen LogP contribution in [0.3, 0.4) is 0 Å². The molecule has 3 unspecified atom stereocenters. The third kappa shape index (κ3) is 5.79. The molecule has 1 fully saturated rings. The molecular formula is C56H41NS2. The molecular weight excluding hydrogens is 751 g/mol. The molecule has 2 bridgehead atoms. The van der Waals surface area contributed by atoms with Crippen LogP contribution >= 0.6 is 22.7 Å². The van der Waals surface area contributed by atoms with Gasteiger partial charge in [-0.05, 0) is 118 Å². The summed E-state index contributed by atoms with van der Waals surface area (Å²) >= 11 is 3.77. The second kappa shape index (κ2) is 13.9. The van der Waals surface area contributed by atoms with E-state index in [0.717, 1.165) is 28.9 Å². The van der Waals surface area contributed by atoms with Crippen molar-refractivity contribution in [1.82, 2.24) is 0 Å². The molecule has 1 nitrogen and oxygen atoms in total. The highest BCUT2D eigenvalue weighted by atomic mass is 32.1. The fraction of sp³-hybridized carbons (Fsp3) is 0.107. The van der Waals surface area contributed by atoms with E-state index in [9.17, 15) is 0 Å². The van der Waals surface area contributed by atoms with E-state index < -0.39 is 0 Å². The topological polar surface area (TPSA) is 3.24 Å². The fourth-order valence-corrected chi connectivity index (χ4v) is 12.7. The summed E-state index contributed by atoms with van der Waals surface area (Å²) in [4.78, 5) is 2.39. The molecule has 0 amide bonds. The van der Waals surface area contributed by atoms with Gasteiger partial charge in [0.25, 0.3) is 0 Å². The van der Waals surface area contributed by atoms with Crippen molar-refractivity contribution >= 4 is 80.1 Å². The number of thiophene rings is 2. The minimum Gasteiger partial charge on any atom is -0.311 e. The Morgan fingerprint density at radius 1 is 0.424 bits per heavy atom. The molecule has 0 aliphatic heterocycles. The molecule has 2 aliphatic carbocycles. The predicted octanol–water partition coefficient (Wildman–Crippen LogP) is 16.8. The zero-order valence-corrected chi connectivity index (χ0v) is 34.4. The third-order valence-corrected chi connectivity index (χ3v) is 15.8. The lowest BCUT2D eigenvalue weighted by Gasteiger charge is -2.26. The van der Waals surface area contributed by atoms with Crippen molar-refractivity contribution in [2.75, 3.05) is 4.90 Å². The van der Waals surface area contributed by atoms with E-state index in [0.29, 0.717) is 11.8 Å². The first-order valence-electron chi connectivity index (χ1n) is 20.8. The van der Waals surface area contributed by atoms with E-state index in [1.165, 1.54) is 85.7 Å². The molecule has 2 aliphatic rings. The van der Waals surface area contributed by atoms with E-state index in [1.807, 2.05) is 22.7 Å². The summed E-state index contributed by atoms with van der Waals surface area (Å²) in [5.74, 6) is 2.86. The SMILES string of the molecule is C[C@H]1C2C=CC1C(c1ccc(-c3ccc(N(c4ccc(-c5cccc6c5sc5ccccc56)cc4)c4ccc(-c5cccc6c5sc5ccccc56)cc4)cc3)cc1)C2. The smallest absolute Gasteiger partial charge is 0.0462 e. The minimum atomic E-state index is 0.651. The Bertz CT molecular complexity index is 3050. The number of benzene rings is 8. The first kappa shape index (κ1) is 34.8. The van der Waals surface area contributed by atoms with Gasteiger partial charge in [0, 0.05) is 57.4 Å². The summed E-state index contributed by atoms with van der Waals surface area (Å²) in [6.07, 6.45) is 6.21. The maximum Gasteiger partial charge on any atom is 0.0462 e. The van der Waals surface area contributed by atoms with Crippen LogP contribution in [0.25, 0.3) is 73.7 Å². The normalized spacial score (nSPS) is 18.5. The van der Waals surface area contributed by atoms with Crippen LogP contribution in [0, 0.1) is 17.8 Å². The molecule has 3 heteroatoms. The Kier molecular flexibility index (Phi) is 8.21. The predicted molar refractivity (Wildman–Crippen MR) is 256 cm³/mol. The van der Waals surface area contributed by atoms with Crippen molar-refractivity contribution in [1.29, 1.82) is 0 Å². The number of fused-ring (bicyclic) bond motifs is 8. The zero-order valence-electron chi connectivity index (χ0n) is 32.8. The van der Waals surface area contributed by atoms with Crippen LogP contribution in [-0.4, -0.2) is 0 Å². The number of rotatable bonds is 7. The van der Waals surface area contributed by atoms with Crippen LogP contribution < -0.4 is 4.90 Å². The van der Waals surface area contributed by atoms with Gasteiger partial charge in [0.05, 0.1) is 0 Å². The molecule has 59 heavy (non-hydrogen) atoms. The summed E-state index contributed by atoms with van der Waals surface area (Å²) in [7, 11) is 0. The third-order valence-electron chi connectivity index (χ3n) is 13.3. The summed E-state index contributed by atoms with van der Waals surface area (Å²) in [6.45, 7) is 2.43. The number of hydrogen-bond donors (Lipinski definition) is 0. The lowest BCUT2D eigenvalue weighted by Crippen LogP contribution is -2.09. The van der Waals surface area contributed by atoms with Gasteiger partial charge < -0.3 is 4.90 Å². The van der Waals surface area contributed by atoms with Gasteiger partial charge in [-0.3, -0.25) is 0 Å². The standard InChI is InChI=1S/C56H41NS2/c1-35-41-26-33-45(35)52(34-41)40-18-16-36(17-19-40)37-20-27-42(28-21-37)57(43-29-22-38(23-30-43)46-10-6-12-50-48-8-2-4-14-53(48)58-55(46)50)44-31-24-39(25-32-44)47-11-7-13-51-49-9-3-5-15-54(49)59-56(47)51/h2-33,35,41,45,52H,34H2,1H3/t35-,41?,45?,52?/m0/s1. The molecule has 282 valence electrons. The molecule has 2 heterocycles. The van der Waals surface area contributed by atoms with Crippen LogP contribution in [0.5, 0.6) is 0 Å². The lowest BCUT2D eigenvalue weighted by atomic mass is 9.85. The maximum absolute atomic E-state index is 2.47. The quantitative estimate of drug-likeness (QED) is 0.145. The first-order valence-corrected chi connectivity index (χ1v) is 22.5. The van der Waals surface area contributed by atoms with Crippen LogP contribution in [-0.2, 0) is 0 Å². The number of hydrogen-bond acceptors (Lipinski definition) is 3. The van der Waals surface area contributed by atoms with Gasteiger partial charge in [-0.25, -0.2) is 0 Å². The summed E-state index contributed by atoms with van der Waals surface area (Å²) < 4.78 is 5.34. The van der Waals surface area contributed by atoms with Gasteiger partial charge >= 0.3 is 0 Å². The first-order chi connectivity index (χ1) is 29.1. The molecule has 4 atom stereocenters. The van der Waals surface area contributed by atoms with Crippen molar-refractivity contribution in [2.45, 2.75) is 19.3 Å². The second-order valence-electron chi connectivity index (χ2n) is 16.5. The Morgan fingerprint density at radius 3 is 1.32 bits per heavy atom. The fourth-order valence-electron chi connectivity index (χ4n) is 10.2. The Labute approximate surface area is 353 Å². The zero-order chi connectivity index (χ0) is 39.0. The highest BCUT2D eigenvalue weighted by Crippen LogP contribution is 2.53. The maximum atomic E-state index is 2.47. The van der Waals surface area contributed by atoms with Gasteiger partial charge in [-0.2, -0.15) is 0 Å². The van der Waals surface area contributed by atoms with Crippen LogP contribution in [0.2, 0.25) is 0 Å². The molecule has 12 rings (SSSR count). The van der Waals surface area contributed by atoms with E-state index in [2.05, 4.69) is 206 Å². The average Bonchev–Trinajstić information content (AvgIpc) is 4.06. The van der Waals surface area contributed by atoms with Crippen LogP contribution in [0.4, 0.5) is 17.1 Å². The number of allylic oxidation sites excluding steroid dienone is 2. The van der Waals surface area contributed by atoms with Gasteiger partial charge in [0.1, 0.15) is 0 Å². The molecule has 0 radical (unpaired) electrons. The Balaban J connectivity index is 0.905. The van der Waals surface area contributed by atoms with Crippen molar-refractivity contribution < 1.29 is 0 Å². The lowest BCUT2D eigenvalue weighted by molar-refractivity contribution is 0.461. The van der Waals surface area contributed by atoms with E-state index in [-0.39, 0.29) is 0 Å². The van der Waals surface area contributed by atoms with Gasteiger partial charge in [0.15, 0.2) is 0 Å². The number of nitrogens with zero attached hydrogens (tertiary/aromatic N) is 1. The van der Waals surface area contributed by atoms with Crippen molar-refractivity contribution in [3.05, 3.63) is 200 Å². The molecule has 0 spiro atoms. The van der Waals surface area contributed by atoms with E-state index in [4.69, 9.17) is 0 Å².